The lowest BCUT2D eigenvalue weighted by Crippen LogP contribution is -2.18. The fourth-order valence-electron chi connectivity index (χ4n) is 2.88. The lowest BCUT2D eigenvalue weighted by atomic mass is 10.1. The molecule has 0 amide bonds. The summed E-state index contributed by atoms with van der Waals surface area (Å²) in [4.78, 5) is 4.22. The number of alkyl halides is 2. The Hall–Kier alpha value is -2.57. The third-order valence-corrected chi connectivity index (χ3v) is 4.04. The van der Waals surface area contributed by atoms with Crippen molar-refractivity contribution in [3.63, 3.8) is 0 Å². The first-order valence-corrected chi connectivity index (χ1v) is 7.71. The summed E-state index contributed by atoms with van der Waals surface area (Å²) in [6.45, 7) is 3.52. The van der Waals surface area contributed by atoms with E-state index in [1.54, 1.807) is 25.3 Å². The van der Waals surface area contributed by atoms with E-state index < -0.39 is 24.1 Å². The van der Waals surface area contributed by atoms with Gasteiger partial charge >= 0.3 is 0 Å². The molecule has 3 aromatic rings. The highest BCUT2D eigenvalue weighted by Crippen LogP contribution is 2.31. The number of benzene rings is 1. The van der Waals surface area contributed by atoms with Crippen LogP contribution < -0.4 is 5.32 Å². The molecule has 0 aliphatic heterocycles. The van der Waals surface area contributed by atoms with Gasteiger partial charge in [0.25, 0.3) is 5.92 Å². The van der Waals surface area contributed by atoms with Gasteiger partial charge in [-0.15, -0.1) is 0 Å². The molecule has 0 saturated carbocycles. The summed E-state index contributed by atoms with van der Waals surface area (Å²) >= 11 is 0. The van der Waals surface area contributed by atoms with E-state index >= 15 is 0 Å². The molecule has 0 unspecified atom stereocenters. The van der Waals surface area contributed by atoms with E-state index in [4.69, 9.17) is 0 Å². The highest BCUT2D eigenvalue weighted by molar-refractivity contribution is 5.92. The van der Waals surface area contributed by atoms with E-state index in [1.165, 1.54) is 17.7 Å². The van der Waals surface area contributed by atoms with Gasteiger partial charge in [0.05, 0.1) is 12.1 Å². The van der Waals surface area contributed by atoms with Crippen molar-refractivity contribution in [1.29, 1.82) is 0 Å². The van der Waals surface area contributed by atoms with Gasteiger partial charge in [0.2, 0.25) is 0 Å². The average molecular weight is 351 g/mol. The molecular weight excluding hydrogens is 334 g/mol. The lowest BCUT2D eigenvalue weighted by molar-refractivity contribution is 0.00510. The van der Waals surface area contributed by atoms with Crippen molar-refractivity contribution in [3.8, 4) is 0 Å². The summed E-state index contributed by atoms with van der Waals surface area (Å²) in [6.07, 6.45) is 3.04. The Labute approximate surface area is 142 Å². The maximum Gasteiger partial charge on any atom is 0.262 e. The van der Waals surface area contributed by atoms with Gasteiger partial charge in [0.1, 0.15) is 5.82 Å². The third-order valence-electron chi connectivity index (χ3n) is 4.04. The smallest absolute Gasteiger partial charge is 0.262 e. The van der Waals surface area contributed by atoms with E-state index in [-0.39, 0.29) is 5.56 Å². The van der Waals surface area contributed by atoms with Gasteiger partial charge in [-0.05, 0) is 37.6 Å². The van der Waals surface area contributed by atoms with Gasteiger partial charge < -0.3 is 9.88 Å². The molecule has 0 bridgehead atoms. The van der Waals surface area contributed by atoms with Crippen molar-refractivity contribution in [2.75, 3.05) is 5.32 Å². The molecule has 3 rings (SSSR count). The van der Waals surface area contributed by atoms with Crippen LogP contribution in [-0.4, -0.2) is 15.5 Å². The van der Waals surface area contributed by atoms with Crippen molar-refractivity contribution in [3.05, 3.63) is 53.4 Å². The Morgan fingerprint density at radius 3 is 2.60 bits per heavy atom. The minimum Gasteiger partial charge on any atom is -0.341 e. The van der Waals surface area contributed by atoms with E-state index in [2.05, 4.69) is 10.3 Å². The second-order valence-electron chi connectivity index (χ2n) is 6.22. The zero-order valence-corrected chi connectivity index (χ0v) is 14.0. The summed E-state index contributed by atoms with van der Waals surface area (Å²) in [5, 5.41) is 3.63. The van der Waals surface area contributed by atoms with Crippen molar-refractivity contribution in [2.24, 2.45) is 0 Å². The number of aryl methyl sites for hydroxylation is 1. The quantitative estimate of drug-likeness (QED) is 0.644. The van der Waals surface area contributed by atoms with Crippen molar-refractivity contribution in [1.82, 2.24) is 9.55 Å². The Kier molecular flexibility index (Phi) is 4.18. The van der Waals surface area contributed by atoms with Gasteiger partial charge in [-0.25, -0.2) is 22.5 Å². The minimum absolute atomic E-state index is 0.135. The number of aromatic nitrogens is 2. The van der Waals surface area contributed by atoms with Crippen LogP contribution in [0, 0.1) is 25.5 Å². The molecule has 1 aromatic carbocycles. The largest absolute Gasteiger partial charge is 0.341 e. The van der Waals surface area contributed by atoms with Crippen LogP contribution in [0.2, 0.25) is 0 Å². The second-order valence-corrected chi connectivity index (χ2v) is 6.22. The van der Waals surface area contributed by atoms with Crippen LogP contribution in [0.4, 0.5) is 29.1 Å². The molecule has 1 N–H and O–H groups in total. The molecule has 0 aliphatic rings. The molecule has 25 heavy (non-hydrogen) atoms. The maximum atomic E-state index is 13.9. The van der Waals surface area contributed by atoms with E-state index in [9.17, 15) is 17.6 Å². The van der Waals surface area contributed by atoms with Crippen LogP contribution in [-0.2, 0) is 6.54 Å². The summed E-state index contributed by atoms with van der Waals surface area (Å²) in [7, 11) is 0. The molecule has 132 valence electrons. The Morgan fingerprint density at radius 1 is 1.20 bits per heavy atom. The van der Waals surface area contributed by atoms with Gasteiger partial charge in [-0.1, -0.05) is 0 Å². The number of nitrogens with one attached hydrogen (secondary N) is 1. The summed E-state index contributed by atoms with van der Waals surface area (Å²) in [5.41, 5.74) is 1.65. The van der Waals surface area contributed by atoms with Crippen LogP contribution in [0.5, 0.6) is 0 Å². The second kappa shape index (κ2) is 6.06. The highest BCUT2D eigenvalue weighted by atomic mass is 19.3. The average Bonchev–Trinajstić information content (AvgIpc) is 2.91. The Balaban J connectivity index is 2.05. The molecule has 0 radical (unpaired) electrons. The van der Waals surface area contributed by atoms with Crippen molar-refractivity contribution >= 4 is 22.4 Å². The van der Waals surface area contributed by atoms with E-state index in [0.29, 0.717) is 28.0 Å². The number of nitrogens with zero attached hydrogens (tertiary/aromatic N) is 2. The van der Waals surface area contributed by atoms with Crippen LogP contribution in [0.15, 0.2) is 30.6 Å². The normalized spacial score (nSPS) is 12.0. The molecular formula is C18H17F4N3. The molecule has 0 spiro atoms. The first-order chi connectivity index (χ1) is 11.7. The molecule has 2 aromatic heterocycles. The zero-order chi connectivity index (χ0) is 18.4. The first-order valence-electron chi connectivity index (χ1n) is 7.71. The van der Waals surface area contributed by atoms with Gasteiger partial charge in [0.15, 0.2) is 11.6 Å². The van der Waals surface area contributed by atoms with Gasteiger partial charge in [-0.2, -0.15) is 0 Å². The van der Waals surface area contributed by atoms with Gasteiger partial charge in [0, 0.05) is 36.0 Å². The highest BCUT2D eigenvalue weighted by Gasteiger charge is 2.23. The number of pyridine rings is 1. The number of anilines is 2. The molecule has 3 nitrogen and oxygen atoms in total. The predicted octanol–water partition coefficient (Wildman–Crippen LogP) is 5.33. The molecule has 0 saturated heterocycles. The third kappa shape index (κ3) is 3.31. The SMILES string of the molecule is Cc1cc(F)c(F)c(C)c1Nc1nccc2c1ccn2CC(C)(F)F. The molecule has 0 atom stereocenters. The topological polar surface area (TPSA) is 29.9 Å². The summed E-state index contributed by atoms with van der Waals surface area (Å²) < 4.78 is 55.4. The van der Waals surface area contributed by atoms with Crippen LogP contribution >= 0.6 is 0 Å². The number of fused-ring (bicyclic) bond motifs is 1. The monoisotopic (exact) mass is 351 g/mol. The standard InChI is InChI=1S/C18H17F4N3/c1-10-8-13(19)15(20)11(2)16(10)24-17-12-5-7-25(9-18(3,21)22)14(12)4-6-23-17/h4-8H,9H2,1-3H3,(H,23,24). The Morgan fingerprint density at radius 2 is 1.92 bits per heavy atom. The predicted molar refractivity (Wildman–Crippen MR) is 89.5 cm³/mol. The maximum absolute atomic E-state index is 13.9. The minimum atomic E-state index is -2.85. The number of hydrogen-bond donors (Lipinski definition) is 1. The van der Waals surface area contributed by atoms with Crippen molar-refractivity contribution < 1.29 is 17.6 Å². The van der Waals surface area contributed by atoms with Crippen molar-refractivity contribution in [2.45, 2.75) is 33.2 Å². The molecule has 7 heteroatoms. The Bertz CT molecular complexity index is 942. The summed E-state index contributed by atoms with van der Waals surface area (Å²) in [6, 6.07) is 4.41. The fourth-order valence-corrected chi connectivity index (χ4v) is 2.88. The molecule has 0 fully saturated rings. The number of rotatable bonds is 4. The van der Waals surface area contributed by atoms with Crippen LogP contribution in [0.25, 0.3) is 10.9 Å². The number of halogens is 4. The first kappa shape index (κ1) is 17.3. The van der Waals surface area contributed by atoms with E-state index in [1.807, 2.05) is 0 Å². The summed E-state index contributed by atoms with van der Waals surface area (Å²) in [5.74, 6) is -4.30. The number of hydrogen-bond acceptors (Lipinski definition) is 2. The fraction of sp³-hybridized carbons (Fsp3) is 0.278. The van der Waals surface area contributed by atoms with Crippen LogP contribution in [0.1, 0.15) is 18.1 Å². The van der Waals surface area contributed by atoms with E-state index in [0.717, 1.165) is 13.0 Å². The zero-order valence-electron chi connectivity index (χ0n) is 14.0. The molecule has 0 aliphatic carbocycles. The van der Waals surface area contributed by atoms with Crippen LogP contribution in [0.3, 0.4) is 0 Å². The van der Waals surface area contributed by atoms with Gasteiger partial charge in [-0.3, -0.25) is 0 Å². The lowest BCUT2D eigenvalue weighted by Gasteiger charge is -2.15. The molecule has 2 heterocycles.